The van der Waals surface area contributed by atoms with E-state index in [1.165, 1.54) is 18.2 Å². The molecule has 3 aromatic carbocycles. The Bertz CT molecular complexity index is 1080. The van der Waals surface area contributed by atoms with E-state index in [0.29, 0.717) is 5.56 Å². The first-order valence-corrected chi connectivity index (χ1v) is 8.63. The van der Waals surface area contributed by atoms with Crippen molar-refractivity contribution in [2.24, 2.45) is 0 Å². The number of hydrogen-bond donors (Lipinski definition) is 1. The van der Waals surface area contributed by atoms with Gasteiger partial charge in [0.25, 0.3) is 5.91 Å². The number of carbonyl (C=O) groups is 1. The molecule has 3 nitrogen and oxygen atoms in total. The minimum absolute atomic E-state index is 0.297. The van der Waals surface area contributed by atoms with Gasteiger partial charge in [-0.2, -0.15) is 18.4 Å². The maximum atomic E-state index is 13.1. The van der Waals surface area contributed by atoms with Crippen LogP contribution in [0.1, 0.15) is 11.1 Å². The largest absolute Gasteiger partial charge is 0.418 e. The van der Waals surface area contributed by atoms with E-state index < -0.39 is 23.3 Å². The van der Waals surface area contributed by atoms with Gasteiger partial charge in [-0.1, -0.05) is 66.7 Å². The maximum Gasteiger partial charge on any atom is 0.418 e. The molecule has 0 aliphatic heterocycles. The zero-order valence-electron chi connectivity index (χ0n) is 15.1. The van der Waals surface area contributed by atoms with Crippen LogP contribution in [-0.2, 0) is 11.0 Å². The quantitative estimate of drug-likeness (QED) is 0.443. The molecule has 0 aliphatic carbocycles. The minimum Gasteiger partial charge on any atom is -0.321 e. The first kappa shape index (κ1) is 19.9. The lowest BCUT2D eigenvalue weighted by atomic mass is 10.0. The third-order valence-electron chi connectivity index (χ3n) is 4.17. The van der Waals surface area contributed by atoms with E-state index in [9.17, 15) is 23.2 Å². The summed E-state index contributed by atoms with van der Waals surface area (Å²) < 4.78 is 39.2. The molecule has 0 saturated heterocycles. The van der Waals surface area contributed by atoms with E-state index in [-0.39, 0.29) is 5.57 Å². The fourth-order valence-electron chi connectivity index (χ4n) is 2.75. The summed E-state index contributed by atoms with van der Waals surface area (Å²) in [5, 5.41) is 11.5. The van der Waals surface area contributed by atoms with Gasteiger partial charge in [-0.25, -0.2) is 0 Å². The van der Waals surface area contributed by atoms with Crippen molar-refractivity contribution in [2.75, 3.05) is 5.32 Å². The first-order chi connectivity index (χ1) is 13.9. The van der Waals surface area contributed by atoms with Crippen LogP contribution in [-0.4, -0.2) is 5.91 Å². The molecule has 0 fully saturated rings. The summed E-state index contributed by atoms with van der Waals surface area (Å²) in [6.45, 7) is 0. The summed E-state index contributed by atoms with van der Waals surface area (Å²) in [5.41, 5.74) is 0.896. The Kier molecular flexibility index (Phi) is 5.79. The lowest BCUT2D eigenvalue weighted by Gasteiger charge is -2.13. The van der Waals surface area contributed by atoms with Gasteiger partial charge in [0.1, 0.15) is 11.6 Å². The highest BCUT2D eigenvalue weighted by Gasteiger charge is 2.33. The molecule has 1 N–H and O–H groups in total. The molecule has 144 valence electrons. The monoisotopic (exact) mass is 392 g/mol. The van der Waals surface area contributed by atoms with Crippen molar-refractivity contribution in [1.29, 1.82) is 5.26 Å². The highest BCUT2D eigenvalue weighted by Crippen LogP contribution is 2.34. The Labute approximate surface area is 165 Å². The molecule has 1 amide bonds. The molecule has 3 aromatic rings. The Hall–Kier alpha value is -3.85. The second kappa shape index (κ2) is 8.44. The summed E-state index contributed by atoms with van der Waals surface area (Å²) in [4.78, 5) is 12.3. The van der Waals surface area contributed by atoms with Crippen molar-refractivity contribution >= 4 is 17.7 Å². The standard InChI is InChI=1S/C23H15F3N2O/c24-23(25,26)20-8-4-5-9-21(20)28-22(29)19(15-27)14-16-10-12-18(13-11-16)17-6-2-1-3-7-17/h1-14H,(H,28,29)/b19-14+. The van der Waals surface area contributed by atoms with Crippen molar-refractivity contribution in [3.05, 3.63) is 95.6 Å². The molecule has 0 saturated carbocycles. The predicted octanol–water partition coefficient (Wildman–Crippen LogP) is 5.92. The lowest BCUT2D eigenvalue weighted by molar-refractivity contribution is -0.137. The number of nitrogens with one attached hydrogen (secondary N) is 1. The number of benzene rings is 3. The summed E-state index contributed by atoms with van der Waals surface area (Å²) in [6, 6.07) is 23.2. The molecule has 0 aliphatic rings. The van der Waals surface area contributed by atoms with Crippen LogP contribution < -0.4 is 5.32 Å². The van der Waals surface area contributed by atoms with Crippen molar-refractivity contribution in [3.8, 4) is 17.2 Å². The number of halogens is 3. The Balaban J connectivity index is 1.82. The summed E-state index contributed by atoms with van der Waals surface area (Å²) in [5.74, 6) is -0.906. The zero-order chi connectivity index (χ0) is 20.9. The van der Waals surface area contributed by atoms with Crippen molar-refractivity contribution < 1.29 is 18.0 Å². The number of nitriles is 1. The molecule has 0 radical (unpaired) electrons. The summed E-state index contributed by atoms with van der Waals surface area (Å²) in [6.07, 6.45) is -3.28. The van der Waals surface area contributed by atoms with E-state index in [4.69, 9.17) is 0 Å². The molecular formula is C23H15F3N2O. The smallest absolute Gasteiger partial charge is 0.321 e. The van der Waals surface area contributed by atoms with Crippen molar-refractivity contribution in [1.82, 2.24) is 0 Å². The Morgan fingerprint density at radius 3 is 2.07 bits per heavy atom. The van der Waals surface area contributed by atoms with E-state index in [0.717, 1.165) is 23.3 Å². The van der Waals surface area contributed by atoms with E-state index >= 15 is 0 Å². The van der Waals surface area contributed by atoms with E-state index in [1.54, 1.807) is 18.2 Å². The number of amides is 1. The second-order valence-corrected chi connectivity index (χ2v) is 6.16. The number of hydrogen-bond acceptors (Lipinski definition) is 2. The molecule has 29 heavy (non-hydrogen) atoms. The first-order valence-electron chi connectivity index (χ1n) is 8.63. The van der Waals surface area contributed by atoms with Gasteiger partial charge in [-0.15, -0.1) is 0 Å². The third-order valence-corrected chi connectivity index (χ3v) is 4.17. The van der Waals surface area contributed by atoms with E-state index in [2.05, 4.69) is 5.32 Å². The zero-order valence-corrected chi connectivity index (χ0v) is 15.1. The number of carbonyl (C=O) groups excluding carboxylic acids is 1. The molecule has 0 bridgehead atoms. The number of alkyl halides is 3. The summed E-state index contributed by atoms with van der Waals surface area (Å²) >= 11 is 0. The number of nitrogens with zero attached hydrogens (tertiary/aromatic N) is 1. The second-order valence-electron chi connectivity index (χ2n) is 6.16. The van der Waals surface area contributed by atoms with Crippen LogP contribution in [0.4, 0.5) is 18.9 Å². The van der Waals surface area contributed by atoms with Crippen LogP contribution in [0.15, 0.2) is 84.4 Å². The Morgan fingerprint density at radius 2 is 1.45 bits per heavy atom. The highest BCUT2D eigenvalue weighted by molar-refractivity contribution is 6.10. The van der Waals surface area contributed by atoms with Crippen LogP contribution in [0, 0.1) is 11.3 Å². The van der Waals surface area contributed by atoms with Gasteiger partial charge in [-0.05, 0) is 34.9 Å². The van der Waals surface area contributed by atoms with Gasteiger partial charge in [-0.3, -0.25) is 4.79 Å². The number of para-hydroxylation sites is 1. The topological polar surface area (TPSA) is 52.9 Å². The van der Waals surface area contributed by atoms with Crippen LogP contribution in [0.3, 0.4) is 0 Å². The van der Waals surface area contributed by atoms with Crippen LogP contribution in [0.2, 0.25) is 0 Å². The van der Waals surface area contributed by atoms with Crippen LogP contribution >= 0.6 is 0 Å². The van der Waals surface area contributed by atoms with Crippen molar-refractivity contribution in [3.63, 3.8) is 0 Å². The minimum atomic E-state index is -4.62. The fraction of sp³-hybridized carbons (Fsp3) is 0.0435. The molecular weight excluding hydrogens is 377 g/mol. The van der Waals surface area contributed by atoms with Gasteiger partial charge in [0.15, 0.2) is 0 Å². The highest BCUT2D eigenvalue weighted by atomic mass is 19.4. The van der Waals surface area contributed by atoms with Gasteiger partial charge in [0, 0.05) is 0 Å². The third kappa shape index (κ3) is 4.90. The van der Waals surface area contributed by atoms with E-state index in [1.807, 2.05) is 42.5 Å². The molecule has 3 rings (SSSR count). The summed E-state index contributed by atoms with van der Waals surface area (Å²) in [7, 11) is 0. The normalized spacial score (nSPS) is 11.6. The molecule has 0 aromatic heterocycles. The molecule has 0 unspecified atom stereocenters. The Morgan fingerprint density at radius 1 is 0.862 bits per heavy atom. The van der Waals surface area contributed by atoms with Gasteiger partial charge in [0.05, 0.1) is 11.3 Å². The van der Waals surface area contributed by atoms with Gasteiger partial charge >= 0.3 is 6.18 Å². The van der Waals surface area contributed by atoms with Gasteiger partial charge in [0.2, 0.25) is 0 Å². The predicted molar refractivity (Wildman–Crippen MR) is 106 cm³/mol. The van der Waals surface area contributed by atoms with Crippen LogP contribution in [0.25, 0.3) is 17.2 Å². The molecule has 6 heteroatoms. The average molecular weight is 392 g/mol. The van der Waals surface area contributed by atoms with Crippen molar-refractivity contribution in [2.45, 2.75) is 6.18 Å². The van der Waals surface area contributed by atoms with Gasteiger partial charge < -0.3 is 5.32 Å². The number of rotatable bonds is 4. The molecule has 0 heterocycles. The fourth-order valence-corrected chi connectivity index (χ4v) is 2.75. The molecule has 0 atom stereocenters. The number of anilines is 1. The average Bonchev–Trinajstić information content (AvgIpc) is 2.72. The SMILES string of the molecule is N#C/C(=C\c1ccc(-c2ccccc2)cc1)C(=O)Nc1ccccc1C(F)(F)F. The lowest BCUT2D eigenvalue weighted by Crippen LogP contribution is -2.17. The molecule has 0 spiro atoms. The maximum absolute atomic E-state index is 13.1. The van der Waals surface area contributed by atoms with Crippen LogP contribution in [0.5, 0.6) is 0 Å².